The fraction of sp³-hybridized carbons (Fsp3) is 0.364. The van der Waals surface area contributed by atoms with Crippen molar-refractivity contribution in [3.8, 4) is 0 Å². The number of rotatable bonds is 7. The van der Waals surface area contributed by atoms with Crippen molar-refractivity contribution in [1.29, 1.82) is 0 Å². The third kappa shape index (κ3) is 4.88. The molecular weight excluding hydrogens is 338 g/mol. The van der Waals surface area contributed by atoms with Gasteiger partial charge in [-0.05, 0) is 55.0 Å². The van der Waals surface area contributed by atoms with Crippen LogP contribution in [-0.2, 0) is 9.59 Å². The molecule has 0 atom stereocenters. The average molecular weight is 365 g/mol. The van der Waals surface area contributed by atoms with Crippen molar-refractivity contribution in [3.63, 3.8) is 0 Å². The van der Waals surface area contributed by atoms with Crippen LogP contribution in [-0.4, -0.2) is 18.4 Å². The summed E-state index contributed by atoms with van der Waals surface area (Å²) >= 11 is 0. The van der Waals surface area contributed by atoms with Crippen LogP contribution < -0.4 is 16.0 Å². The maximum absolute atomic E-state index is 12.4. The van der Waals surface area contributed by atoms with Gasteiger partial charge in [0.2, 0.25) is 11.8 Å². The molecular formula is C22H27N3O2. The second-order valence-corrected chi connectivity index (χ2v) is 7.39. The Labute approximate surface area is 160 Å². The molecule has 5 heteroatoms. The van der Waals surface area contributed by atoms with Crippen LogP contribution in [0.4, 0.5) is 17.1 Å². The molecule has 142 valence electrons. The largest absolute Gasteiger partial charge is 0.376 e. The van der Waals surface area contributed by atoms with Gasteiger partial charge >= 0.3 is 0 Å². The summed E-state index contributed by atoms with van der Waals surface area (Å²) < 4.78 is 0. The first-order valence-corrected chi connectivity index (χ1v) is 9.49. The molecule has 1 fully saturated rings. The Bertz CT molecular complexity index is 841. The van der Waals surface area contributed by atoms with Crippen LogP contribution >= 0.6 is 0 Å². The predicted octanol–water partition coefficient (Wildman–Crippen LogP) is 4.52. The third-order valence-electron chi connectivity index (χ3n) is 4.84. The molecule has 27 heavy (non-hydrogen) atoms. The number of nitrogens with one attached hydrogen (secondary N) is 3. The standard InChI is InChI=1S/C22H27N3O2/c1-14(2)17-7-4-5-8-20(17)24-21(26)13-23-18-9-6-10-19(15(18)3)25-22(27)16-11-12-16/h4-10,14,16,23H,11-13H2,1-3H3,(H,24,26)(H,25,27). The molecule has 0 unspecified atom stereocenters. The van der Waals surface area contributed by atoms with Crippen LogP contribution in [0.5, 0.6) is 0 Å². The maximum atomic E-state index is 12.4. The monoisotopic (exact) mass is 365 g/mol. The highest BCUT2D eigenvalue weighted by molar-refractivity contribution is 5.96. The molecule has 1 saturated carbocycles. The molecule has 0 aromatic heterocycles. The fourth-order valence-electron chi connectivity index (χ4n) is 3.03. The quantitative estimate of drug-likeness (QED) is 0.676. The Morgan fingerprint density at radius 1 is 0.963 bits per heavy atom. The van der Waals surface area contributed by atoms with E-state index >= 15 is 0 Å². The van der Waals surface area contributed by atoms with E-state index in [1.54, 1.807) is 0 Å². The van der Waals surface area contributed by atoms with Gasteiger partial charge in [0.25, 0.3) is 0 Å². The second kappa shape index (κ2) is 8.25. The molecule has 1 aliphatic rings. The summed E-state index contributed by atoms with van der Waals surface area (Å²) in [5, 5.41) is 9.14. The van der Waals surface area contributed by atoms with Crippen molar-refractivity contribution in [2.24, 2.45) is 5.92 Å². The van der Waals surface area contributed by atoms with Crippen LogP contribution in [0.25, 0.3) is 0 Å². The van der Waals surface area contributed by atoms with E-state index in [2.05, 4.69) is 29.8 Å². The SMILES string of the molecule is Cc1c(NCC(=O)Nc2ccccc2C(C)C)cccc1NC(=O)C1CC1. The highest BCUT2D eigenvalue weighted by Crippen LogP contribution is 2.31. The van der Waals surface area contributed by atoms with E-state index < -0.39 is 0 Å². The summed E-state index contributed by atoms with van der Waals surface area (Å²) in [6.45, 7) is 6.31. The lowest BCUT2D eigenvalue weighted by Gasteiger charge is -2.16. The lowest BCUT2D eigenvalue weighted by atomic mass is 10.0. The molecule has 0 radical (unpaired) electrons. The first-order chi connectivity index (χ1) is 13.0. The van der Waals surface area contributed by atoms with Crippen molar-refractivity contribution in [3.05, 3.63) is 53.6 Å². The van der Waals surface area contributed by atoms with E-state index in [-0.39, 0.29) is 24.3 Å². The topological polar surface area (TPSA) is 70.2 Å². The van der Waals surface area contributed by atoms with E-state index in [4.69, 9.17) is 0 Å². The van der Waals surface area contributed by atoms with Crippen LogP contribution in [0.15, 0.2) is 42.5 Å². The van der Waals surface area contributed by atoms with E-state index in [1.165, 1.54) is 0 Å². The third-order valence-corrected chi connectivity index (χ3v) is 4.84. The Hall–Kier alpha value is -2.82. The van der Waals surface area contributed by atoms with Crippen LogP contribution in [0.2, 0.25) is 0 Å². The number of carbonyl (C=O) groups excluding carboxylic acids is 2. The highest BCUT2D eigenvalue weighted by atomic mass is 16.2. The minimum atomic E-state index is -0.102. The molecule has 1 aliphatic carbocycles. The highest BCUT2D eigenvalue weighted by Gasteiger charge is 2.29. The summed E-state index contributed by atoms with van der Waals surface area (Å²) in [7, 11) is 0. The average Bonchev–Trinajstić information content (AvgIpc) is 3.48. The van der Waals surface area contributed by atoms with E-state index in [9.17, 15) is 9.59 Å². The van der Waals surface area contributed by atoms with E-state index in [0.717, 1.165) is 41.0 Å². The molecule has 0 spiro atoms. The van der Waals surface area contributed by atoms with Crippen molar-refractivity contribution < 1.29 is 9.59 Å². The fourth-order valence-corrected chi connectivity index (χ4v) is 3.03. The van der Waals surface area contributed by atoms with Gasteiger partial charge in [-0.3, -0.25) is 9.59 Å². The number of hydrogen-bond donors (Lipinski definition) is 3. The molecule has 0 aliphatic heterocycles. The van der Waals surface area contributed by atoms with Crippen LogP contribution in [0.1, 0.15) is 43.7 Å². The molecule has 0 heterocycles. The Morgan fingerprint density at radius 2 is 1.63 bits per heavy atom. The minimum absolute atomic E-state index is 0.0817. The van der Waals surface area contributed by atoms with Gasteiger partial charge in [0.15, 0.2) is 0 Å². The van der Waals surface area contributed by atoms with Crippen molar-refractivity contribution in [2.75, 3.05) is 22.5 Å². The zero-order valence-corrected chi connectivity index (χ0v) is 16.1. The first kappa shape index (κ1) is 19.0. The molecule has 2 aromatic carbocycles. The maximum Gasteiger partial charge on any atom is 0.243 e. The number of carbonyl (C=O) groups is 2. The van der Waals surface area contributed by atoms with Gasteiger partial charge in [-0.15, -0.1) is 0 Å². The Morgan fingerprint density at radius 3 is 2.33 bits per heavy atom. The van der Waals surface area contributed by atoms with Crippen molar-refractivity contribution in [1.82, 2.24) is 0 Å². The number of amides is 2. The molecule has 5 nitrogen and oxygen atoms in total. The first-order valence-electron chi connectivity index (χ1n) is 9.49. The minimum Gasteiger partial charge on any atom is -0.376 e. The van der Waals surface area contributed by atoms with Gasteiger partial charge < -0.3 is 16.0 Å². The summed E-state index contributed by atoms with van der Waals surface area (Å²) in [5.74, 6) is 0.476. The summed E-state index contributed by atoms with van der Waals surface area (Å²) in [4.78, 5) is 24.4. The Kier molecular flexibility index (Phi) is 5.79. The van der Waals surface area contributed by atoms with Gasteiger partial charge in [0.05, 0.1) is 6.54 Å². The second-order valence-electron chi connectivity index (χ2n) is 7.39. The molecule has 0 bridgehead atoms. The smallest absolute Gasteiger partial charge is 0.243 e. The molecule has 2 amide bonds. The van der Waals surface area contributed by atoms with Crippen LogP contribution in [0, 0.1) is 12.8 Å². The molecule has 0 saturated heterocycles. The number of hydrogen-bond acceptors (Lipinski definition) is 3. The molecule has 3 N–H and O–H groups in total. The summed E-state index contributed by atoms with van der Waals surface area (Å²) in [6.07, 6.45) is 1.95. The number of benzene rings is 2. The molecule has 2 aromatic rings. The van der Waals surface area contributed by atoms with Gasteiger partial charge in [-0.2, -0.15) is 0 Å². The Balaban J connectivity index is 1.61. The summed E-state index contributed by atoms with van der Waals surface area (Å²) in [5.41, 5.74) is 4.54. The zero-order valence-electron chi connectivity index (χ0n) is 16.1. The number of para-hydroxylation sites is 1. The van der Waals surface area contributed by atoms with Crippen molar-refractivity contribution >= 4 is 28.9 Å². The zero-order chi connectivity index (χ0) is 19.4. The van der Waals surface area contributed by atoms with Gasteiger partial charge in [-0.25, -0.2) is 0 Å². The van der Waals surface area contributed by atoms with E-state index in [0.29, 0.717) is 5.92 Å². The number of anilines is 3. The lowest BCUT2D eigenvalue weighted by Crippen LogP contribution is -2.23. The van der Waals surface area contributed by atoms with Gasteiger partial charge in [-0.1, -0.05) is 38.1 Å². The molecule has 3 rings (SSSR count). The van der Waals surface area contributed by atoms with Crippen LogP contribution in [0.3, 0.4) is 0 Å². The summed E-state index contributed by atoms with van der Waals surface area (Å²) in [6, 6.07) is 13.5. The van der Waals surface area contributed by atoms with Gasteiger partial charge in [0.1, 0.15) is 0 Å². The lowest BCUT2D eigenvalue weighted by molar-refractivity contribution is -0.117. The van der Waals surface area contributed by atoms with E-state index in [1.807, 2.05) is 49.4 Å². The van der Waals surface area contributed by atoms with Gasteiger partial charge in [0, 0.05) is 23.0 Å². The normalized spacial score (nSPS) is 13.3. The predicted molar refractivity (Wildman–Crippen MR) is 110 cm³/mol. The van der Waals surface area contributed by atoms with Crippen molar-refractivity contribution in [2.45, 2.75) is 39.5 Å².